The summed E-state index contributed by atoms with van der Waals surface area (Å²) in [5.41, 5.74) is 0. The molecule has 1 saturated heterocycles. The summed E-state index contributed by atoms with van der Waals surface area (Å²) in [5.74, 6) is 0. The number of piperidine rings is 1. The first-order valence-corrected chi connectivity index (χ1v) is 6.38. The Labute approximate surface area is 98.5 Å². The molecule has 1 rings (SSSR count). The highest BCUT2D eigenvalue weighted by atomic mass is 16.5. The molecule has 1 fully saturated rings. The van der Waals surface area contributed by atoms with Crippen LogP contribution in [0.1, 0.15) is 33.6 Å². The van der Waals surface area contributed by atoms with E-state index in [0.29, 0.717) is 0 Å². The van der Waals surface area contributed by atoms with Gasteiger partial charge in [0, 0.05) is 32.8 Å². The van der Waals surface area contributed by atoms with Crippen LogP contribution in [0, 0.1) is 0 Å². The highest BCUT2D eigenvalue weighted by Gasteiger charge is 2.25. The van der Waals surface area contributed by atoms with Gasteiger partial charge in [0.2, 0.25) is 0 Å². The molecule has 0 saturated carbocycles. The maximum Gasteiger partial charge on any atom is 0.320 e. The minimum Gasteiger partial charge on any atom is -0.377 e. The van der Waals surface area contributed by atoms with Gasteiger partial charge >= 0.3 is 6.03 Å². The normalized spacial score (nSPS) is 20.9. The summed E-state index contributed by atoms with van der Waals surface area (Å²) in [6.45, 7) is 9.97. The summed E-state index contributed by atoms with van der Waals surface area (Å²) >= 11 is 0. The molecule has 1 atom stereocenters. The number of likely N-dealkylation sites (tertiary alicyclic amines) is 1. The largest absolute Gasteiger partial charge is 0.377 e. The van der Waals surface area contributed by atoms with E-state index in [4.69, 9.17) is 4.74 Å². The molecule has 1 heterocycles. The quantitative estimate of drug-likeness (QED) is 0.736. The van der Waals surface area contributed by atoms with Gasteiger partial charge in [0.05, 0.1) is 6.10 Å². The van der Waals surface area contributed by atoms with Gasteiger partial charge in [-0.25, -0.2) is 4.79 Å². The molecule has 1 aliphatic heterocycles. The van der Waals surface area contributed by atoms with E-state index >= 15 is 0 Å². The third kappa shape index (κ3) is 3.37. The smallest absolute Gasteiger partial charge is 0.320 e. The molecule has 16 heavy (non-hydrogen) atoms. The Bertz CT molecular complexity index is 215. The standard InChI is InChI=1S/C12H24N2O2/c1-4-13(5-2)12(15)14-9-7-8-11(10-14)16-6-3/h11H,4-10H2,1-3H3. The van der Waals surface area contributed by atoms with E-state index in [-0.39, 0.29) is 12.1 Å². The Balaban J connectivity index is 2.49. The summed E-state index contributed by atoms with van der Waals surface area (Å²) in [6.07, 6.45) is 2.37. The zero-order chi connectivity index (χ0) is 12.0. The number of carbonyl (C=O) groups is 1. The van der Waals surface area contributed by atoms with E-state index in [9.17, 15) is 4.79 Å². The number of rotatable bonds is 4. The highest BCUT2D eigenvalue weighted by Crippen LogP contribution is 2.14. The van der Waals surface area contributed by atoms with Gasteiger partial charge < -0.3 is 14.5 Å². The van der Waals surface area contributed by atoms with Crippen molar-refractivity contribution >= 4 is 6.03 Å². The molecule has 2 amide bonds. The molecule has 4 heteroatoms. The SMILES string of the molecule is CCOC1CCCN(C(=O)N(CC)CC)C1. The molecule has 0 N–H and O–H groups in total. The highest BCUT2D eigenvalue weighted by molar-refractivity contribution is 5.74. The maximum absolute atomic E-state index is 12.1. The van der Waals surface area contributed by atoms with Crippen molar-refractivity contribution in [2.75, 3.05) is 32.8 Å². The number of carbonyl (C=O) groups excluding carboxylic acids is 1. The third-order valence-electron chi connectivity index (χ3n) is 3.09. The number of hydrogen-bond acceptors (Lipinski definition) is 2. The topological polar surface area (TPSA) is 32.8 Å². The van der Waals surface area contributed by atoms with Gasteiger partial charge in [-0.15, -0.1) is 0 Å². The fraction of sp³-hybridized carbons (Fsp3) is 0.917. The van der Waals surface area contributed by atoms with E-state index in [1.807, 2.05) is 30.6 Å². The maximum atomic E-state index is 12.1. The van der Waals surface area contributed by atoms with Gasteiger partial charge in [-0.3, -0.25) is 0 Å². The molecule has 0 aromatic carbocycles. The summed E-state index contributed by atoms with van der Waals surface area (Å²) in [4.78, 5) is 15.9. The first-order chi connectivity index (χ1) is 7.72. The molecule has 0 radical (unpaired) electrons. The van der Waals surface area contributed by atoms with Crippen molar-refractivity contribution in [2.45, 2.75) is 39.7 Å². The second-order valence-corrected chi connectivity index (χ2v) is 4.12. The molecule has 4 nitrogen and oxygen atoms in total. The lowest BCUT2D eigenvalue weighted by atomic mass is 10.1. The Morgan fingerprint density at radius 1 is 1.38 bits per heavy atom. The van der Waals surface area contributed by atoms with Crippen molar-refractivity contribution in [3.05, 3.63) is 0 Å². The van der Waals surface area contributed by atoms with Gasteiger partial charge in [-0.2, -0.15) is 0 Å². The minimum atomic E-state index is 0.161. The number of hydrogen-bond donors (Lipinski definition) is 0. The van der Waals surface area contributed by atoms with Crippen LogP contribution in [0.2, 0.25) is 0 Å². The second-order valence-electron chi connectivity index (χ2n) is 4.12. The van der Waals surface area contributed by atoms with Crippen LogP contribution in [0.5, 0.6) is 0 Å². The van der Waals surface area contributed by atoms with Gasteiger partial charge in [0.15, 0.2) is 0 Å². The van der Waals surface area contributed by atoms with Crippen LogP contribution in [0.4, 0.5) is 4.79 Å². The lowest BCUT2D eigenvalue weighted by molar-refractivity contribution is 0.0120. The summed E-state index contributed by atoms with van der Waals surface area (Å²) in [5, 5.41) is 0. The molecular weight excluding hydrogens is 204 g/mol. The number of urea groups is 1. The van der Waals surface area contributed by atoms with Gasteiger partial charge in [-0.05, 0) is 33.6 Å². The monoisotopic (exact) mass is 228 g/mol. The van der Waals surface area contributed by atoms with Crippen LogP contribution in [0.25, 0.3) is 0 Å². The van der Waals surface area contributed by atoms with Crippen molar-refractivity contribution in [3.63, 3.8) is 0 Å². The van der Waals surface area contributed by atoms with Crippen molar-refractivity contribution in [2.24, 2.45) is 0 Å². The molecule has 0 aliphatic carbocycles. The zero-order valence-electron chi connectivity index (χ0n) is 10.7. The molecule has 1 unspecified atom stereocenters. The van der Waals surface area contributed by atoms with Crippen molar-refractivity contribution in [1.82, 2.24) is 9.80 Å². The average Bonchev–Trinajstić information content (AvgIpc) is 2.31. The van der Waals surface area contributed by atoms with Crippen LogP contribution < -0.4 is 0 Å². The third-order valence-corrected chi connectivity index (χ3v) is 3.09. The molecule has 0 aromatic heterocycles. The van der Waals surface area contributed by atoms with Gasteiger partial charge in [0.25, 0.3) is 0 Å². The fourth-order valence-electron chi connectivity index (χ4n) is 2.18. The lowest BCUT2D eigenvalue weighted by Gasteiger charge is -2.35. The number of amides is 2. The lowest BCUT2D eigenvalue weighted by Crippen LogP contribution is -2.49. The fourth-order valence-corrected chi connectivity index (χ4v) is 2.18. The Morgan fingerprint density at radius 3 is 2.62 bits per heavy atom. The summed E-state index contributed by atoms with van der Waals surface area (Å²) in [6, 6.07) is 0.161. The van der Waals surface area contributed by atoms with Crippen molar-refractivity contribution in [1.29, 1.82) is 0 Å². The average molecular weight is 228 g/mol. The van der Waals surface area contributed by atoms with Crippen LogP contribution in [0.3, 0.4) is 0 Å². The Morgan fingerprint density at radius 2 is 2.06 bits per heavy atom. The molecule has 0 spiro atoms. The molecule has 0 bridgehead atoms. The van der Waals surface area contributed by atoms with E-state index in [1.54, 1.807) is 0 Å². The number of nitrogens with zero attached hydrogens (tertiary/aromatic N) is 2. The first-order valence-electron chi connectivity index (χ1n) is 6.38. The second kappa shape index (κ2) is 6.74. The van der Waals surface area contributed by atoms with Crippen LogP contribution in [-0.4, -0.2) is 54.7 Å². The van der Waals surface area contributed by atoms with Crippen molar-refractivity contribution < 1.29 is 9.53 Å². The van der Waals surface area contributed by atoms with E-state index in [1.165, 1.54) is 0 Å². The minimum absolute atomic E-state index is 0.161. The van der Waals surface area contributed by atoms with Crippen LogP contribution >= 0.6 is 0 Å². The Kier molecular flexibility index (Phi) is 5.60. The van der Waals surface area contributed by atoms with Crippen molar-refractivity contribution in [3.8, 4) is 0 Å². The van der Waals surface area contributed by atoms with E-state index in [0.717, 1.165) is 45.6 Å². The Hall–Kier alpha value is -0.770. The predicted octanol–water partition coefficient (Wildman–Crippen LogP) is 1.95. The summed E-state index contributed by atoms with van der Waals surface area (Å²) < 4.78 is 5.60. The summed E-state index contributed by atoms with van der Waals surface area (Å²) in [7, 11) is 0. The first kappa shape index (κ1) is 13.3. The van der Waals surface area contributed by atoms with Gasteiger partial charge in [-0.1, -0.05) is 0 Å². The van der Waals surface area contributed by atoms with E-state index in [2.05, 4.69) is 0 Å². The predicted molar refractivity (Wildman–Crippen MR) is 64.5 cm³/mol. The zero-order valence-corrected chi connectivity index (χ0v) is 10.7. The van der Waals surface area contributed by atoms with Gasteiger partial charge in [0.1, 0.15) is 0 Å². The number of ether oxygens (including phenoxy) is 1. The van der Waals surface area contributed by atoms with E-state index < -0.39 is 0 Å². The molecule has 94 valence electrons. The van der Waals surface area contributed by atoms with Crippen LogP contribution in [0.15, 0.2) is 0 Å². The van der Waals surface area contributed by atoms with Crippen LogP contribution in [-0.2, 0) is 4.74 Å². The molecule has 0 aromatic rings. The molecule has 1 aliphatic rings. The molecular formula is C12H24N2O2.